The van der Waals surface area contributed by atoms with Crippen molar-refractivity contribution in [2.45, 2.75) is 33.2 Å². The molecule has 102 valence electrons. The number of aliphatic hydroxyl groups is 1. The number of rotatable bonds is 9. The molecular weight excluding hydrogens is 226 g/mol. The highest BCUT2D eigenvalue weighted by Crippen LogP contribution is 2.12. The van der Waals surface area contributed by atoms with Gasteiger partial charge in [0.25, 0.3) is 0 Å². The smallest absolute Gasteiger partial charge is 0.119 e. The molecule has 18 heavy (non-hydrogen) atoms. The van der Waals surface area contributed by atoms with Crippen molar-refractivity contribution in [3.63, 3.8) is 0 Å². The van der Waals surface area contributed by atoms with E-state index in [-0.39, 0.29) is 6.61 Å². The van der Waals surface area contributed by atoms with Crippen molar-refractivity contribution in [2.75, 3.05) is 19.8 Å². The van der Waals surface area contributed by atoms with Gasteiger partial charge in [0.15, 0.2) is 0 Å². The van der Waals surface area contributed by atoms with Gasteiger partial charge in [-0.2, -0.15) is 0 Å². The van der Waals surface area contributed by atoms with Crippen LogP contribution in [0.3, 0.4) is 0 Å². The van der Waals surface area contributed by atoms with Gasteiger partial charge in [0.05, 0.1) is 6.61 Å². The molecule has 1 atom stereocenters. The lowest BCUT2D eigenvalue weighted by molar-refractivity contribution is 0.233. The molecule has 1 rings (SSSR count). The van der Waals surface area contributed by atoms with Crippen molar-refractivity contribution in [3.8, 4) is 5.75 Å². The summed E-state index contributed by atoms with van der Waals surface area (Å²) in [5.74, 6) is 1.25. The summed E-state index contributed by atoms with van der Waals surface area (Å²) in [5, 5.41) is 12.2. The lowest BCUT2D eigenvalue weighted by atomic mass is 10.2. The van der Waals surface area contributed by atoms with Crippen LogP contribution < -0.4 is 10.1 Å². The van der Waals surface area contributed by atoms with E-state index >= 15 is 0 Å². The quantitative estimate of drug-likeness (QED) is 0.663. The first-order chi connectivity index (χ1) is 8.76. The SMILES string of the molecule is CCCCOc1ccc(CNCC(C)CO)cc1. The van der Waals surface area contributed by atoms with Crippen molar-refractivity contribution in [2.24, 2.45) is 5.92 Å². The number of nitrogens with one attached hydrogen (secondary N) is 1. The number of unbranched alkanes of at least 4 members (excludes halogenated alkanes) is 1. The van der Waals surface area contributed by atoms with Gasteiger partial charge in [-0.1, -0.05) is 32.4 Å². The van der Waals surface area contributed by atoms with E-state index in [9.17, 15) is 0 Å². The molecule has 0 bridgehead atoms. The first-order valence-corrected chi connectivity index (χ1v) is 6.79. The molecular formula is C15H25NO2. The van der Waals surface area contributed by atoms with Gasteiger partial charge in [0.2, 0.25) is 0 Å². The minimum atomic E-state index is 0.233. The van der Waals surface area contributed by atoms with Gasteiger partial charge in [0, 0.05) is 19.7 Å². The van der Waals surface area contributed by atoms with Gasteiger partial charge < -0.3 is 15.2 Å². The third-order valence-electron chi connectivity index (χ3n) is 2.82. The fraction of sp³-hybridized carbons (Fsp3) is 0.600. The van der Waals surface area contributed by atoms with Crippen molar-refractivity contribution in [3.05, 3.63) is 29.8 Å². The maximum Gasteiger partial charge on any atom is 0.119 e. The number of hydrogen-bond donors (Lipinski definition) is 2. The number of benzene rings is 1. The molecule has 0 saturated heterocycles. The molecule has 0 aromatic heterocycles. The van der Waals surface area contributed by atoms with E-state index in [1.165, 1.54) is 5.56 Å². The molecule has 2 N–H and O–H groups in total. The third kappa shape index (κ3) is 6.03. The average Bonchev–Trinajstić information content (AvgIpc) is 2.40. The van der Waals surface area contributed by atoms with E-state index < -0.39 is 0 Å². The Morgan fingerprint density at radius 2 is 2.00 bits per heavy atom. The second kappa shape index (κ2) is 8.95. The Kier molecular flexibility index (Phi) is 7.46. The monoisotopic (exact) mass is 251 g/mol. The van der Waals surface area contributed by atoms with Crippen molar-refractivity contribution in [1.29, 1.82) is 0 Å². The second-order valence-corrected chi connectivity index (χ2v) is 4.76. The van der Waals surface area contributed by atoms with E-state index in [0.29, 0.717) is 5.92 Å². The van der Waals surface area contributed by atoms with E-state index in [1.807, 2.05) is 19.1 Å². The van der Waals surface area contributed by atoms with Gasteiger partial charge in [-0.05, 0) is 30.0 Å². The summed E-state index contributed by atoms with van der Waals surface area (Å²) >= 11 is 0. The van der Waals surface area contributed by atoms with Crippen LogP contribution in [0.4, 0.5) is 0 Å². The van der Waals surface area contributed by atoms with Gasteiger partial charge in [-0.15, -0.1) is 0 Å². The molecule has 1 aromatic carbocycles. The molecule has 0 radical (unpaired) electrons. The highest BCUT2D eigenvalue weighted by molar-refractivity contribution is 5.27. The first-order valence-electron chi connectivity index (χ1n) is 6.79. The zero-order chi connectivity index (χ0) is 13.2. The van der Waals surface area contributed by atoms with Gasteiger partial charge in [0.1, 0.15) is 5.75 Å². The molecule has 0 saturated carbocycles. The molecule has 0 aliphatic rings. The topological polar surface area (TPSA) is 41.5 Å². The van der Waals surface area contributed by atoms with Gasteiger partial charge in [-0.3, -0.25) is 0 Å². The Hall–Kier alpha value is -1.06. The summed E-state index contributed by atoms with van der Waals surface area (Å²) < 4.78 is 5.61. The third-order valence-corrected chi connectivity index (χ3v) is 2.82. The van der Waals surface area contributed by atoms with E-state index in [1.54, 1.807) is 0 Å². The lowest BCUT2D eigenvalue weighted by Crippen LogP contribution is -2.22. The van der Waals surface area contributed by atoms with Crippen LogP contribution in [0.2, 0.25) is 0 Å². The average molecular weight is 251 g/mol. The Morgan fingerprint density at radius 3 is 2.61 bits per heavy atom. The van der Waals surface area contributed by atoms with E-state index in [4.69, 9.17) is 9.84 Å². The zero-order valence-corrected chi connectivity index (χ0v) is 11.5. The molecule has 1 aromatic rings. The predicted molar refractivity (Wildman–Crippen MR) is 74.8 cm³/mol. The molecule has 0 fully saturated rings. The van der Waals surface area contributed by atoms with Gasteiger partial charge in [-0.25, -0.2) is 0 Å². The molecule has 0 amide bonds. The Morgan fingerprint density at radius 1 is 1.28 bits per heavy atom. The maximum atomic E-state index is 8.91. The summed E-state index contributed by atoms with van der Waals surface area (Å²) in [5.41, 5.74) is 1.24. The molecule has 0 heterocycles. The lowest BCUT2D eigenvalue weighted by Gasteiger charge is -2.10. The highest BCUT2D eigenvalue weighted by atomic mass is 16.5. The summed E-state index contributed by atoms with van der Waals surface area (Å²) in [4.78, 5) is 0. The van der Waals surface area contributed by atoms with Crippen LogP contribution in [-0.2, 0) is 6.54 Å². The largest absolute Gasteiger partial charge is 0.494 e. The molecule has 0 spiro atoms. The summed E-state index contributed by atoms with van der Waals surface area (Å²) in [6, 6.07) is 8.19. The second-order valence-electron chi connectivity index (χ2n) is 4.76. The van der Waals surface area contributed by atoms with Crippen LogP contribution in [0.25, 0.3) is 0 Å². The molecule has 0 aliphatic heterocycles. The number of ether oxygens (including phenoxy) is 1. The molecule has 3 heteroatoms. The standard InChI is InChI=1S/C15H25NO2/c1-3-4-9-18-15-7-5-14(6-8-15)11-16-10-13(2)12-17/h5-8,13,16-17H,3-4,9-12H2,1-2H3. The molecule has 3 nitrogen and oxygen atoms in total. The van der Waals surface area contributed by atoms with Gasteiger partial charge >= 0.3 is 0 Å². The normalized spacial score (nSPS) is 12.4. The van der Waals surface area contributed by atoms with Crippen LogP contribution in [0, 0.1) is 5.92 Å². The summed E-state index contributed by atoms with van der Waals surface area (Å²) in [6.45, 7) is 6.88. The minimum absolute atomic E-state index is 0.233. The zero-order valence-electron chi connectivity index (χ0n) is 11.5. The Bertz CT molecular complexity index is 311. The summed E-state index contributed by atoms with van der Waals surface area (Å²) in [7, 11) is 0. The van der Waals surface area contributed by atoms with Crippen molar-refractivity contribution >= 4 is 0 Å². The van der Waals surface area contributed by atoms with Crippen molar-refractivity contribution < 1.29 is 9.84 Å². The van der Waals surface area contributed by atoms with Crippen molar-refractivity contribution in [1.82, 2.24) is 5.32 Å². The van der Waals surface area contributed by atoms with E-state index in [0.717, 1.165) is 38.3 Å². The summed E-state index contributed by atoms with van der Waals surface area (Å²) in [6.07, 6.45) is 2.26. The minimum Gasteiger partial charge on any atom is -0.494 e. The number of hydrogen-bond acceptors (Lipinski definition) is 3. The first kappa shape index (κ1) is 15.0. The predicted octanol–water partition coefficient (Wildman–Crippen LogP) is 2.58. The maximum absolute atomic E-state index is 8.91. The van der Waals surface area contributed by atoms with Crippen LogP contribution in [0.5, 0.6) is 5.75 Å². The molecule has 1 unspecified atom stereocenters. The molecule has 0 aliphatic carbocycles. The van der Waals surface area contributed by atoms with E-state index in [2.05, 4.69) is 24.4 Å². The Balaban J connectivity index is 2.27. The van der Waals surface area contributed by atoms with Crippen LogP contribution in [0.15, 0.2) is 24.3 Å². The highest BCUT2D eigenvalue weighted by Gasteiger charge is 1.99. The van der Waals surface area contributed by atoms with Crippen LogP contribution in [0.1, 0.15) is 32.3 Å². The number of aliphatic hydroxyl groups excluding tert-OH is 1. The fourth-order valence-electron chi connectivity index (χ4n) is 1.57. The fourth-order valence-corrected chi connectivity index (χ4v) is 1.57. The van der Waals surface area contributed by atoms with Crippen LogP contribution >= 0.6 is 0 Å². The van der Waals surface area contributed by atoms with Crippen LogP contribution in [-0.4, -0.2) is 24.9 Å². The Labute approximate surface area is 110 Å².